The second-order valence-electron chi connectivity index (χ2n) is 6.03. The fraction of sp³-hybridized carbons (Fsp3) is 0.625. The van der Waals surface area contributed by atoms with Crippen molar-refractivity contribution in [3.63, 3.8) is 0 Å². The third-order valence-electron chi connectivity index (χ3n) is 4.44. The second-order valence-corrected chi connectivity index (χ2v) is 6.03. The number of fused-ring (bicyclic) bond motifs is 1. The van der Waals surface area contributed by atoms with Crippen molar-refractivity contribution in [2.24, 2.45) is 5.92 Å². The molecule has 3 heterocycles. The molecular weight excluding hydrogens is 333 g/mol. The molecule has 130 valence electrons. The number of aromatic nitrogens is 3. The molecule has 1 fully saturated rings. The molecule has 0 amide bonds. The van der Waals surface area contributed by atoms with Crippen molar-refractivity contribution in [3.05, 3.63) is 23.0 Å². The molecule has 23 heavy (non-hydrogen) atoms. The number of nitrogens with zero attached hydrogens (tertiary/aromatic N) is 3. The van der Waals surface area contributed by atoms with Crippen LogP contribution in [0.2, 0.25) is 0 Å². The minimum absolute atomic E-state index is 0. The SMILES string of the molecule is CCc1cc(NCC2CCCNC2)n2nc(C)c(C)c2n1.Cl.Cl. The average Bonchev–Trinajstić information content (AvgIpc) is 2.81. The van der Waals surface area contributed by atoms with Crippen LogP contribution in [0, 0.1) is 19.8 Å². The summed E-state index contributed by atoms with van der Waals surface area (Å²) in [5.74, 6) is 1.77. The van der Waals surface area contributed by atoms with E-state index in [4.69, 9.17) is 4.98 Å². The molecule has 0 spiro atoms. The molecule has 0 bridgehead atoms. The third-order valence-corrected chi connectivity index (χ3v) is 4.44. The van der Waals surface area contributed by atoms with E-state index in [0.717, 1.165) is 48.9 Å². The molecule has 3 rings (SSSR count). The van der Waals surface area contributed by atoms with Crippen molar-refractivity contribution < 1.29 is 0 Å². The topological polar surface area (TPSA) is 54.2 Å². The maximum absolute atomic E-state index is 4.72. The van der Waals surface area contributed by atoms with Crippen molar-refractivity contribution in [2.45, 2.75) is 40.0 Å². The van der Waals surface area contributed by atoms with Gasteiger partial charge in [0.1, 0.15) is 5.82 Å². The van der Waals surface area contributed by atoms with Gasteiger partial charge in [0.2, 0.25) is 0 Å². The van der Waals surface area contributed by atoms with Crippen molar-refractivity contribution in [1.82, 2.24) is 19.9 Å². The van der Waals surface area contributed by atoms with Crippen LogP contribution in [-0.4, -0.2) is 34.2 Å². The van der Waals surface area contributed by atoms with Gasteiger partial charge in [0.05, 0.1) is 5.69 Å². The summed E-state index contributed by atoms with van der Waals surface area (Å²) in [4.78, 5) is 4.72. The minimum atomic E-state index is 0. The molecular formula is C16H27Cl2N5. The number of aryl methyl sites for hydroxylation is 3. The molecule has 1 aliphatic heterocycles. The van der Waals surface area contributed by atoms with Gasteiger partial charge in [0.15, 0.2) is 5.65 Å². The molecule has 2 N–H and O–H groups in total. The van der Waals surface area contributed by atoms with Crippen molar-refractivity contribution in [3.8, 4) is 0 Å². The zero-order chi connectivity index (χ0) is 14.8. The summed E-state index contributed by atoms with van der Waals surface area (Å²) >= 11 is 0. The van der Waals surface area contributed by atoms with E-state index < -0.39 is 0 Å². The van der Waals surface area contributed by atoms with Gasteiger partial charge in [-0.2, -0.15) is 9.61 Å². The molecule has 1 atom stereocenters. The smallest absolute Gasteiger partial charge is 0.160 e. The molecule has 7 heteroatoms. The van der Waals surface area contributed by atoms with E-state index in [1.165, 1.54) is 18.4 Å². The van der Waals surface area contributed by atoms with E-state index in [9.17, 15) is 0 Å². The van der Waals surface area contributed by atoms with Gasteiger partial charge in [0, 0.05) is 23.9 Å². The number of hydrogen-bond acceptors (Lipinski definition) is 4. The first-order valence-electron chi connectivity index (χ1n) is 7.99. The lowest BCUT2D eigenvalue weighted by Crippen LogP contribution is -2.33. The predicted octanol–water partition coefficient (Wildman–Crippen LogP) is 3.16. The number of nitrogens with one attached hydrogen (secondary N) is 2. The number of anilines is 1. The maximum atomic E-state index is 4.72. The number of piperidine rings is 1. The Morgan fingerprint density at radius 3 is 2.78 bits per heavy atom. The van der Waals surface area contributed by atoms with Crippen LogP contribution < -0.4 is 10.6 Å². The van der Waals surface area contributed by atoms with Crippen LogP contribution in [0.15, 0.2) is 6.07 Å². The van der Waals surface area contributed by atoms with Crippen LogP contribution in [0.3, 0.4) is 0 Å². The monoisotopic (exact) mass is 359 g/mol. The Balaban J connectivity index is 0.00000132. The van der Waals surface area contributed by atoms with Gasteiger partial charge in [-0.3, -0.25) is 0 Å². The molecule has 1 unspecified atom stereocenters. The fourth-order valence-corrected chi connectivity index (χ4v) is 2.93. The Morgan fingerprint density at radius 2 is 2.13 bits per heavy atom. The predicted molar refractivity (Wildman–Crippen MR) is 100 cm³/mol. The number of halogens is 2. The molecule has 0 radical (unpaired) electrons. The van der Waals surface area contributed by atoms with Gasteiger partial charge in [-0.15, -0.1) is 24.8 Å². The molecule has 5 nitrogen and oxygen atoms in total. The summed E-state index contributed by atoms with van der Waals surface area (Å²) in [6, 6.07) is 2.13. The fourth-order valence-electron chi connectivity index (χ4n) is 2.93. The Hall–Kier alpha value is -1.04. The third kappa shape index (κ3) is 4.28. The molecule has 0 saturated carbocycles. The van der Waals surface area contributed by atoms with Gasteiger partial charge in [-0.25, -0.2) is 4.98 Å². The molecule has 2 aromatic heterocycles. The normalized spacial score (nSPS) is 17.4. The highest BCUT2D eigenvalue weighted by atomic mass is 35.5. The molecule has 0 aromatic carbocycles. The quantitative estimate of drug-likeness (QED) is 0.880. The summed E-state index contributed by atoms with van der Waals surface area (Å²) in [6.07, 6.45) is 3.52. The molecule has 0 aliphatic carbocycles. The lowest BCUT2D eigenvalue weighted by atomic mass is 10.00. The minimum Gasteiger partial charge on any atom is -0.370 e. The van der Waals surface area contributed by atoms with E-state index in [1.807, 2.05) is 11.4 Å². The van der Waals surface area contributed by atoms with Crippen LogP contribution in [0.1, 0.15) is 36.7 Å². The van der Waals surface area contributed by atoms with Crippen molar-refractivity contribution >= 4 is 36.3 Å². The highest BCUT2D eigenvalue weighted by molar-refractivity contribution is 5.85. The van der Waals surface area contributed by atoms with E-state index >= 15 is 0 Å². The number of rotatable bonds is 4. The summed E-state index contributed by atoms with van der Waals surface area (Å²) in [6.45, 7) is 9.55. The van der Waals surface area contributed by atoms with Crippen LogP contribution in [0.5, 0.6) is 0 Å². The Labute approximate surface area is 150 Å². The number of hydrogen-bond donors (Lipinski definition) is 2. The Bertz CT molecular complexity index is 635. The van der Waals surface area contributed by atoms with E-state index in [1.54, 1.807) is 0 Å². The van der Waals surface area contributed by atoms with Gasteiger partial charge in [0.25, 0.3) is 0 Å². The molecule has 2 aromatic rings. The van der Waals surface area contributed by atoms with Crippen LogP contribution in [-0.2, 0) is 6.42 Å². The first-order chi connectivity index (χ1) is 10.2. The summed E-state index contributed by atoms with van der Waals surface area (Å²) < 4.78 is 1.96. The van der Waals surface area contributed by atoms with Crippen molar-refractivity contribution in [1.29, 1.82) is 0 Å². The van der Waals surface area contributed by atoms with Crippen LogP contribution >= 0.6 is 24.8 Å². The van der Waals surface area contributed by atoms with Crippen LogP contribution in [0.4, 0.5) is 5.82 Å². The second kappa shape index (κ2) is 8.71. The standard InChI is InChI=1S/C16H25N5.2ClH/c1-4-14-8-15(18-10-13-6-5-7-17-9-13)21-16(19-14)11(2)12(3)20-21;;/h8,13,17-18H,4-7,9-10H2,1-3H3;2*1H. The highest BCUT2D eigenvalue weighted by Crippen LogP contribution is 2.19. The lowest BCUT2D eigenvalue weighted by Gasteiger charge is -2.23. The first-order valence-corrected chi connectivity index (χ1v) is 7.99. The zero-order valence-corrected chi connectivity index (χ0v) is 15.7. The van der Waals surface area contributed by atoms with Gasteiger partial charge < -0.3 is 10.6 Å². The highest BCUT2D eigenvalue weighted by Gasteiger charge is 2.15. The largest absolute Gasteiger partial charge is 0.370 e. The van der Waals surface area contributed by atoms with Crippen LogP contribution in [0.25, 0.3) is 5.65 Å². The molecule has 1 saturated heterocycles. The van der Waals surface area contributed by atoms with E-state index in [2.05, 4.69) is 35.6 Å². The van der Waals surface area contributed by atoms with Crippen molar-refractivity contribution in [2.75, 3.05) is 25.0 Å². The summed E-state index contributed by atoms with van der Waals surface area (Å²) in [7, 11) is 0. The summed E-state index contributed by atoms with van der Waals surface area (Å²) in [5.41, 5.74) is 4.33. The maximum Gasteiger partial charge on any atom is 0.160 e. The van der Waals surface area contributed by atoms with Gasteiger partial charge in [-0.05, 0) is 52.1 Å². The van der Waals surface area contributed by atoms with E-state index in [0.29, 0.717) is 5.92 Å². The average molecular weight is 360 g/mol. The lowest BCUT2D eigenvalue weighted by molar-refractivity contribution is 0.392. The van der Waals surface area contributed by atoms with Gasteiger partial charge >= 0.3 is 0 Å². The zero-order valence-electron chi connectivity index (χ0n) is 14.1. The molecule has 1 aliphatic rings. The van der Waals surface area contributed by atoms with Gasteiger partial charge in [-0.1, -0.05) is 6.92 Å². The Kier molecular flexibility index (Phi) is 7.58. The first kappa shape index (κ1) is 20.0. The Morgan fingerprint density at radius 1 is 1.35 bits per heavy atom. The van der Waals surface area contributed by atoms with E-state index in [-0.39, 0.29) is 24.8 Å². The summed E-state index contributed by atoms with van der Waals surface area (Å²) in [5, 5.41) is 11.7.